The molecule has 1 saturated heterocycles. The molecule has 0 spiro atoms. The van der Waals surface area contributed by atoms with E-state index in [0.717, 1.165) is 12.1 Å². The molecule has 1 aliphatic heterocycles. The highest BCUT2D eigenvalue weighted by Gasteiger charge is 2.33. The molecule has 1 aromatic carbocycles. The number of carbonyl (C=O) groups is 3. The predicted octanol–water partition coefficient (Wildman–Crippen LogP) is 2.97. The number of ketones is 1. The second-order valence-corrected chi connectivity index (χ2v) is 9.28. The standard InChI is InChI=1S/C26H28F3N5O4/c1-32(25(37)16-38-2)19-8-10-33(11-9-19)24(36)15-34-14-18-12-17(6-7-20(18)31-34)13-22(35)21-4-3-5-23(30-21)26(27,28)29/h3-7,12,14,19H,8-11,13,15-16H2,1-2H3. The van der Waals surface area contributed by atoms with Crippen molar-refractivity contribution in [2.24, 2.45) is 0 Å². The Morgan fingerprint density at radius 1 is 1.13 bits per heavy atom. The fourth-order valence-electron chi connectivity index (χ4n) is 4.51. The zero-order valence-electron chi connectivity index (χ0n) is 21.1. The normalized spacial score (nSPS) is 14.6. The van der Waals surface area contributed by atoms with Crippen LogP contribution < -0.4 is 0 Å². The van der Waals surface area contributed by atoms with Crippen LogP contribution in [0.3, 0.4) is 0 Å². The quantitative estimate of drug-likeness (QED) is 0.415. The van der Waals surface area contributed by atoms with E-state index in [4.69, 9.17) is 4.74 Å². The van der Waals surface area contributed by atoms with Crippen LogP contribution in [0.5, 0.6) is 0 Å². The van der Waals surface area contributed by atoms with Crippen LogP contribution in [0, 0.1) is 0 Å². The van der Waals surface area contributed by atoms with Crippen molar-refractivity contribution in [3.8, 4) is 0 Å². The van der Waals surface area contributed by atoms with E-state index in [1.165, 1.54) is 17.9 Å². The number of likely N-dealkylation sites (N-methyl/N-ethyl adjacent to an activating group) is 1. The summed E-state index contributed by atoms with van der Waals surface area (Å²) in [4.78, 5) is 44.3. The van der Waals surface area contributed by atoms with Crippen molar-refractivity contribution in [1.82, 2.24) is 24.6 Å². The number of piperidine rings is 1. The van der Waals surface area contributed by atoms with Gasteiger partial charge in [-0.25, -0.2) is 4.98 Å². The van der Waals surface area contributed by atoms with E-state index in [2.05, 4.69) is 10.1 Å². The fourth-order valence-corrected chi connectivity index (χ4v) is 4.51. The number of ether oxygens (including phenoxy) is 1. The number of hydrogen-bond acceptors (Lipinski definition) is 6. The number of methoxy groups -OCH3 is 1. The Bertz CT molecular complexity index is 1330. The van der Waals surface area contributed by atoms with Crippen molar-refractivity contribution in [2.75, 3.05) is 33.9 Å². The van der Waals surface area contributed by atoms with Crippen LogP contribution in [0.1, 0.15) is 34.6 Å². The minimum absolute atomic E-state index is 0.0283. The topological polar surface area (TPSA) is 97.6 Å². The number of likely N-dealkylation sites (tertiary alicyclic amines) is 1. The molecule has 0 bridgehead atoms. The second-order valence-electron chi connectivity index (χ2n) is 9.28. The molecule has 0 saturated carbocycles. The highest BCUT2D eigenvalue weighted by atomic mass is 19.4. The molecule has 2 aromatic heterocycles. The highest BCUT2D eigenvalue weighted by molar-refractivity contribution is 5.96. The van der Waals surface area contributed by atoms with Gasteiger partial charge in [0.05, 0.1) is 5.52 Å². The van der Waals surface area contributed by atoms with E-state index in [0.29, 0.717) is 42.4 Å². The molecule has 4 rings (SSSR count). The molecule has 12 heteroatoms. The molecule has 3 heterocycles. The Morgan fingerprint density at radius 3 is 2.55 bits per heavy atom. The Balaban J connectivity index is 1.36. The van der Waals surface area contributed by atoms with Gasteiger partial charge < -0.3 is 14.5 Å². The van der Waals surface area contributed by atoms with Gasteiger partial charge in [0, 0.05) is 51.3 Å². The lowest BCUT2D eigenvalue weighted by Gasteiger charge is -2.36. The van der Waals surface area contributed by atoms with Gasteiger partial charge in [-0.2, -0.15) is 18.3 Å². The summed E-state index contributed by atoms with van der Waals surface area (Å²) < 4.78 is 45.2. The van der Waals surface area contributed by atoms with Gasteiger partial charge in [0.15, 0.2) is 5.78 Å². The van der Waals surface area contributed by atoms with Crippen molar-refractivity contribution in [3.05, 3.63) is 59.5 Å². The molecule has 38 heavy (non-hydrogen) atoms. The number of carbonyl (C=O) groups excluding carboxylic acids is 3. The lowest BCUT2D eigenvalue weighted by Crippen LogP contribution is -2.48. The number of pyridine rings is 1. The van der Waals surface area contributed by atoms with Gasteiger partial charge in [-0.05, 0) is 42.7 Å². The first-order chi connectivity index (χ1) is 18.0. The maximum Gasteiger partial charge on any atom is 0.433 e. The summed E-state index contributed by atoms with van der Waals surface area (Å²) in [6.07, 6.45) is -1.69. The SMILES string of the molecule is COCC(=O)N(C)C1CCN(C(=O)Cn2cc3cc(CC(=O)c4cccc(C(F)(F)F)n4)ccc3n2)CC1. The van der Waals surface area contributed by atoms with Gasteiger partial charge >= 0.3 is 6.18 Å². The lowest BCUT2D eigenvalue weighted by molar-refractivity contribution is -0.141. The molecule has 0 N–H and O–H groups in total. The van der Waals surface area contributed by atoms with Crippen molar-refractivity contribution in [3.63, 3.8) is 0 Å². The number of fused-ring (bicyclic) bond motifs is 1. The van der Waals surface area contributed by atoms with E-state index >= 15 is 0 Å². The van der Waals surface area contributed by atoms with Gasteiger partial charge in [-0.1, -0.05) is 12.1 Å². The lowest BCUT2D eigenvalue weighted by atomic mass is 10.0. The van der Waals surface area contributed by atoms with Crippen molar-refractivity contribution in [1.29, 1.82) is 0 Å². The van der Waals surface area contributed by atoms with Crippen molar-refractivity contribution < 1.29 is 32.3 Å². The summed E-state index contributed by atoms with van der Waals surface area (Å²) >= 11 is 0. The number of alkyl halides is 3. The van der Waals surface area contributed by atoms with Crippen LogP contribution in [-0.2, 0) is 33.5 Å². The van der Waals surface area contributed by atoms with Crippen LogP contribution in [0.2, 0.25) is 0 Å². The summed E-state index contributed by atoms with van der Waals surface area (Å²) in [6.45, 7) is 1.14. The summed E-state index contributed by atoms with van der Waals surface area (Å²) in [6, 6.07) is 8.42. The van der Waals surface area contributed by atoms with Gasteiger partial charge in [-0.3, -0.25) is 19.1 Å². The zero-order valence-corrected chi connectivity index (χ0v) is 21.1. The number of aromatic nitrogens is 3. The van der Waals surface area contributed by atoms with E-state index in [1.807, 2.05) is 0 Å². The van der Waals surface area contributed by atoms with Gasteiger partial charge in [0.25, 0.3) is 0 Å². The Hall–Kier alpha value is -3.80. The first-order valence-corrected chi connectivity index (χ1v) is 12.1. The molecule has 1 aliphatic rings. The average Bonchev–Trinajstić information content (AvgIpc) is 3.29. The molecule has 9 nitrogen and oxygen atoms in total. The average molecular weight is 532 g/mol. The fraction of sp³-hybridized carbons (Fsp3) is 0.423. The van der Waals surface area contributed by atoms with Crippen LogP contribution in [0.15, 0.2) is 42.6 Å². The third-order valence-electron chi connectivity index (χ3n) is 6.63. The van der Waals surface area contributed by atoms with Gasteiger partial charge in [0.1, 0.15) is 24.5 Å². The molecule has 0 unspecified atom stereocenters. The van der Waals surface area contributed by atoms with Crippen molar-refractivity contribution in [2.45, 2.75) is 38.0 Å². The molecule has 202 valence electrons. The monoisotopic (exact) mass is 531 g/mol. The van der Waals surface area contributed by atoms with Crippen LogP contribution in [-0.4, -0.2) is 82.1 Å². The molecule has 0 radical (unpaired) electrons. The minimum atomic E-state index is -4.63. The first kappa shape index (κ1) is 27.2. The number of benzene rings is 1. The van der Waals surface area contributed by atoms with E-state index in [1.54, 1.807) is 41.2 Å². The number of halogens is 3. The largest absolute Gasteiger partial charge is 0.433 e. The maximum absolute atomic E-state index is 12.9. The smallest absolute Gasteiger partial charge is 0.375 e. The van der Waals surface area contributed by atoms with E-state index < -0.39 is 17.7 Å². The predicted molar refractivity (Wildman–Crippen MR) is 131 cm³/mol. The number of Topliss-reactive ketones (excluding diaryl/α,β-unsaturated/α-hetero) is 1. The molecule has 3 aromatic rings. The van der Waals surface area contributed by atoms with Gasteiger partial charge in [0.2, 0.25) is 11.8 Å². The minimum Gasteiger partial charge on any atom is -0.375 e. The third-order valence-corrected chi connectivity index (χ3v) is 6.63. The van der Waals surface area contributed by atoms with E-state index in [9.17, 15) is 27.6 Å². The molecular weight excluding hydrogens is 503 g/mol. The number of hydrogen-bond donors (Lipinski definition) is 0. The molecule has 2 amide bonds. The van der Waals surface area contributed by atoms with Crippen molar-refractivity contribution >= 4 is 28.5 Å². The second kappa shape index (κ2) is 11.3. The van der Waals surface area contributed by atoms with Gasteiger partial charge in [-0.15, -0.1) is 0 Å². The first-order valence-electron chi connectivity index (χ1n) is 12.1. The maximum atomic E-state index is 12.9. The summed E-state index contributed by atoms with van der Waals surface area (Å²) in [5.41, 5.74) is -0.134. The number of nitrogens with zero attached hydrogens (tertiary/aromatic N) is 5. The summed E-state index contributed by atoms with van der Waals surface area (Å²) in [5.74, 6) is -0.711. The van der Waals surface area contributed by atoms with Crippen LogP contribution in [0.4, 0.5) is 13.2 Å². The van der Waals surface area contributed by atoms with Crippen LogP contribution in [0.25, 0.3) is 10.9 Å². The Kier molecular flexibility index (Phi) is 8.10. The Morgan fingerprint density at radius 2 is 1.87 bits per heavy atom. The number of rotatable bonds is 8. The summed E-state index contributed by atoms with van der Waals surface area (Å²) in [7, 11) is 3.22. The van der Waals surface area contributed by atoms with Crippen LogP contribution >= 0.6 is 0 Å². The molecule has 0 aliphatic carbocycles. The zero-order chi connectivity index (χ0) is 27.4. The highest BCUT2D eigenvalue weighted by Crippen LogP contribution is 2.27. The Labute approximate surface area is 217 Å². The number of amides is 2. The third kappa shape index (κ3) is 6.36. The molecule has 0 atom stereocenters. The van der Waals surface area contributed by atoms with E-state index in [-0.39, 0.29) is 43.1 Å². The molecule has 1 fully saturated rings. The molecular formula is C26H28F3N5O4. The summed E-state index contributed by atoms with van der Waals surface area (Å²) in [5, 5.41) is 5.14.